The Morgan fingerprint density at radius 1 is 1.04 bits per heavy atom. The molecule has 0 radical (unpaired) electrons. The van der Waals surface area contributed by atoms with Crippen molar-refractivity contribution in [3.8, 4) is 0 Å². The van der Waals surface area contributed by atoms with Gasteiger partial charge in [-0.2, -0.15) is 0 Å². The number of barbiturate groups is 1. The number of amides is 4. The normalized spacial score (nSPS) is 20.0. The van der Waals surface area contributed by atoms with Gasteiger partial charge in [0, 0.05) is 12.6 Å². The van der Waals surface area contributed by atoms with Crippen LogP contribution in [0.15, 0.2) is 24.3 Å². The second-order valence-electron chi connectivity index (χ2n) is 6.80. The van der Waals surface area contributed by atoms with Crippen molar-refractivity contribution >= 4 is 17.8 Å². The van der Waals surface area contributed by atoms with Crippen molar-refractivity contribution in [3.63, 3.8) is 0 Å². The van der Waals surface area contributed by atoms with E-state index in [1.807, 2.05) is 25.1 Å². The summed E-state index contributed by atoms with van der Waals surface area (Å²) >= 11 is 0. The van der Waals surface area contributed by atoms with Gasteiger partial charge in [0.25, 0.3) is 0 Å². The van der Waals surface area contributed by atoms with E-state index in [0.717, 1.165) is 43.2 Å². The Hall–Kier alpha value is -2.17. The third-order valence-corrected chi connectivity index (χ3v) is 4.96. The highest BCUT2D eigenvalue weighted by Crippen LogP contribution is 2.26. The first kappa shape index (κ1) is 16.7. The third kappa shape index (κ3) is 3.50. The highest BCUT2D eigenvalue weighted by atomic mass is 16.2. The number of carbonyl (C=O) groups is 3. The van der Waals surface area contributed by atoms with Crippen LogP contribution in [-0.2, 0) is 16.0 Å². The van der Waals surface area contributed by atoms with Gasteiger partial charge in [0.05, 0.1) is 0 Å². The van der Waals surface area contributed by atoms with Crippen LogP contribution in [0.2, 0.25) is 0 Å². The molecule has 0 aromatic heterocycles. The van der Waals surface area contributed by atoms with Gasteiger partial charge < -0.3 is 0 Å². The van der Waals surface area contributed by atoms with Gasteiger partial charge in [-0.15, -0.1) is 0 Å². The van der Waals surface area contributed by atoms with Gasteiger partial charge in [-0.25, -0.2) is 4.79 Å². The summed E-state index contributed by atoms with van der Waals surface area (Å²) in [7, 11) is 0. The molecule has 1 saturated carbocycles. The number of rotatable bonds is 4. The van der Waals surface area contributed by atoms with Crippen LogP contribution in [0.4, 0.5) is 4.79 Å². The molecular formula is C19H24N2O3. The van der Waals surface area contributed by atoms with E-state index in [9.17, 15) is 14.4 Å². The van der Waals surface area contributed by atoms with Crippen molar-refractivity contribution < 1.29 is 14.4 Å². The molecule has 1 aliphatic carbocycles. The SMILES string of the molecule is Cc1cccc(CCN2C(=O)CC(=O)N(C3CCCCC3)C2=O)c1. The van der Waals surface area contributed by atoms with Crippen molar-refractivity contribution in [1.29, 1.82) is 0 Å². The van der Waals surface area contributed by atoms with E-state index in [-0.39, 0.29) is 24.3 Å². The number of imide groups is 2. The number of hydrogen-bond donors (Lipinski definition) is 0. The standard InChI is InChI=1S/C19H24N2O3/c1-14-6-5-7-15(12-14)10-11-20-17(22)13-18(23)21(19(20)24)16-8-3-2-4-9-16/h5-7,12,16H,2-4,8-11,13H2,1H3. The molecule has 2 fully saturated rings. The molecule has 2 aliphatic rings. The summed E-state index contributed by atoms with van der Waals surface area (Å²) in [5, 5.41) is 0. The summed E-state index contributed by atoms with van der Waals surface area (Å²) in [4.78, 5) is 39.8. The minimum Gasteiger partial charge on any atom is -0.274 e. The van der Waals surface area contributed by atoms with E-state index in [0.29, 0.717) is 13.0 Å². The van der Waals surface area contributed by atoms with Crippen molar-refractivity contribution in [3.05, 3.63) is 35.4 Å². The largest absolute Gasteiger partial charge is 0.333 e. The Balaban J connectivity index is 1.70. The molecule has 3 rings (SSSR count). The lowest BCUT2D eigenvalue weighted by Gasteiger charge is -2.39. The van der Waals surface area contributed by atoms with Gasteiger partial charge in [0.15, 0.2) is 0 Å². The molecule has 128 valence electrons. The molecule has 0 N–H and O–H groups in total. The van der Waals surface area contributed by atoms with Crippen molar-refractivity contribution in [1.82, 2.24) is 9.80 Å². The quantitative estimate of drug-likeness (QED) is 0.798. The van der Waals surface area contributed by atoms with E-state index in [2.05, 4.69) is 6.07 Å². The van der Waals surface area contributed by atoms with Gasteiger partial charge >= 0.3 is 6.03 Å². The Kier molecular flexibility index (Phi) is 4.97. The maximum Gasteiger partial charge on any atom is 0.333 e. The second kappa shape index (κ2) is 7.16. The van der Waals surface area contributed by atoms with Gasteiger partial charge in [-0.3, -0.25) is 19.4 Å². The van der Waals surface area contributed by atoms with Gasteiger partial charge in [0.2, 0.25) is 11.8 Å². The molecule has 5 heteroatoms. The molecule has 0 atom stereocenters. The molecule has 1 aromatic carbocycles. The van der Waals surface area contributed by atoms with Gasteiger partial charge in [-0.05, 0) is 31.7 Å². The first-order chi connectivity index (χ1) is 11.6. The van der Waals surface area contributed by atoms with Gasteiger partial charge in [0.1, 0.15) is 6.42 Å². The van der Waals surface area contributed by atoms with Crippen LogP contribution < -0.4 is 0 Å². The fourth-order valence-electron chi connectivity index (χ4n) is 3.68. The van der Waals surface area contributed by atoms with E-state index in [1.165, 1.54) is 9.80 Å². The lowest BCUT2D eigenvalue weighted by Crippen LogP contribution is -2.58. The molecular weight excluding hydrogens is 304 g/mol. The maximum atomic E-state index is 12.7. The number of hydrogen-bond acceptors (Lipinski definition) is 3. The van der Waals surface area contributed by atoms with Crippen molar-refractivity contribution in [2.45, 2.75) is 57.9 Å². The highest BCUT2D eigenvalue weighted by molar-refractivity contribution is 6.14. The smallest absolute Gasteiger partial charge is 0.274 e. The first-order valence-electron chi connectivity index (χ1n) is 8.78. The summed E-state index contributed by atoms with van der Waals surface area (Å²) in [6.07, 6.45) is 5.39. The molecule has 0 bridgehead atoms. The van der Waals surface area contributed by atoms with E-state index >= 15 is 0 Å². The van der Waals surface area contributed by atoms with E-state index < -0.39 is 6.03 Å². The summed E-state index contributed by atoms with van der Waals surface area (Å²) in [6.45, 7) is 2.35. The Morgan fingerprint density at radius 3 is 2.50 bits per heavy atom. The number of urea groups is 1. The number of nitrogens with zero attached hydrogens (tertiary/aromatic N) is 2. The van der Waals surface area contributed by atoms with Crippen LogP contribution in [0.3, 0.4) is 0 Å². The van der Waals surface area contributed by atoms with Crippen LogP contribution in [0.25, 0.3) is 0 Å². The average Bonchev–Trinajstić information content (AvgIpc) is 2.55. The fraction of sp³-hybridized carbons (Fsp3) is 0.526. The molecule has 4 amide bonds. The van der Waals surface area contributed by atoms with Crippen LogP contribution in [-0.4, -0.2) is 40.2 Å². The molecule has 0 unspecified atom stereocenters. The zero-order valence-corrected chi connectivity index (χ0v) is 14.2. The lowest BCUT2D eigenvalue weighted by molar-refractivity contribution is -0.144. The molecule has 1 heterocycles. The monoisotopic (exact) mass is 328 g/mol. The maximum absolute atomic E-state index is 12.7. The lowest BCUT2D eigenvalue weighted by atomic mass is 9.93. The Morgan fingerprint density at radius 2 is 1.79 bits per heavy atom. The van der Waals surface area contributed by atoms with E-state index in [4.69, 9.17) is 0 Å². The van der Waals surface area contributed by atoms with Crippen LogP contribution in [0.1, 0.15) is 49.7 Å². The van der Waals surface area contributed by atoms with Gasteiger partial charge in [-0.1, -0.05) is 49.1 Å². The third-order valence-electron chi connectivity index (χ3n) is 4.96. The predicted octanol–water partition coefficient (Wildman–Crippen LogP) is 3.05. The number of benzene rings is 1. The number of aryl methyl sites for hydroxylation is 1. The van der Waals surface area contributed by atoms with Crippen LogP contribution in [0, 0.1) is 6.92 Å². The molecule has 5 nitrogen and oxygen atoms in total. The highest BCUT2D eigenvalue weighted by Gasteiger charge is 2.41. The first-order valence-corrected chi connectivity index (χ1v) is 8.78. The predicted molar refractivity (Wildman–Crippen MR) is 90.3 cm³/mol. The number of carbonyl (C=O) groups excluding carboxylic acids is 3. The Bertz CT molecular complexity index is 650. The minimum atomic E-state index is -0.421. The van der Waals surface area contributed by atoms with Crippen molar-refractivity contribution in [2.24, 2.45) is 0 Å². The van der Waals surface area contributed by atoms with Crippen molar-refractivity contribution in [2.75, 3.05) is 6.54 Å². The fourth-order valence-corrected chi connectivity index (χ4v) is 3.68. The second-order valence-corrected chi connectivity index (χ2v) is 6.80. The van der Waals surface area contributed by atoms with Crippen LogP contribution in [0.5, 0.6) is 0 Å². The average molecular weight is 328 g/mol. The topological polar surface area (TPSA) is 57.7 Å². The molecule has 24 heavy (non-hydrogen) atoms. The molecule has 1 saturated heterocycles. The van der Waals surface area contributed by atoms with Crippen LogP contribution >= 0.6 is 0 Å². The molecule has 1 aromatic rings. The summed E-state index contributed by atoms with van der Waals surface area (Å²) in [5.41, 5.74) is 2.25. The molecule has 0 spiro atoms. The summed E-state index contributed by atoms with van der Waals surface area (Å²) < 4.78 is 0. The summed E-state index contributed by atoms with van der Waals surface area (Å²) in [6, 6.07) is 7.59. The minimum absolute atomic E-state index is 0.0340. The molecule has 1 aliphatic heterocycles. The van der Waals surface area contributed by atoms with E-state index in [1.54, 1.807) is 0 Å². The zero-order valence-electron chi connectivity index (χ0n) is 14.2. The zero-order chi connectivity index (χ0) is 17.1. The summed E-state index contributed by atoms with van der Waals surface area (Å²) in [5.74, 6) is -0.701. The Labute approximate surface area is 142 Å².